The lowest BCUT2D eigenvalue weighted by Gasteiger charge is -2.32. The highest BCUT2D eigenvalue weighted by molar-refractivity contribution is 5.85. The first-order valence-corrected chi connectivity index (χ1v) is 9.29. The quantitative estimate of drug-likeness (QED) is 0.728. The highest BCUT2D eigenvalue weighted by Crippen LogP contribution is 2.29. The van der Waals surface area contributed by atoms with Gasteiger partial charge in [-0.05, 0) is 69.6 Å². The van der Waals surface area contributed by atoms with E-state index in [1.165, 1.54) is 25.9 Å². The highest BCUT2D eigenvalue weighted by atomic mass is 15.2. The van der Waals surface area contributed by atoms with E-state index in [0.717, 1.165) is 34.6 Å². The molecule has 0 N–H and O–H groups in total. The predicted octanol–water partition coefficient (Wildman–Crippen LogP) is 3.45. The van der Waals surface area contributed by atoms with Gasteiger partial charge in [0.15, 0.2) is 5.65 Å². The zero-order valence-corrected chi connectivity index (χ0v) is 15.7. The van der Waals surface area contributed by atoms with Crippen molar-refractivity contribution in [3.63, 3.8) is 0 Å². The molecule has 3 heterocycles. The van der Waals surface area contributed by atoms with E-state index in [1.54, 1.807) is 0 Å². The van der Waals surface area contributed by atoms with E-state index >= 15 is 0 Å². The van der Waals surface area contributed by atoms with Crippen LogP contribution in [-0.2, 0) is 0 Å². The van der Waals surface area contributed by atoms with Crippen molar-refractivity contribution in [3.05, 3.63) is 41.5 Å². The van der Waals surface area contributed by atoms with Crippen LogP contribution >= 0.6 is 0 Å². The Bertz CT molecular complexity index is 989. The number of imidazole rings is 1. The Hall–Kier alpha value is -2.58. The third kappa shape index (κ3) is 2.81. The Balaban J connectivity index is 1.80. The molecule has 2 aromatic heterocycles. The van der Waals surface area contributed by atoms with Gasteiger partial charge in [-0.25, -0.2) is 4.98 Å². The van der Waals surface area contributed by atoms with Crippen LogP contribution in [0.4, 0.5) is 5.82 Å². The lowest BCUT2D eigenvalue weighted by atomic mass is 9.96. The molecule has 3 aromatic rings. The Morgan fingerprint density at radius 3 is 2.73 bits per heavy atom. The third-order valence-electron chi connectivity index (χ3n) is 5.63. The fourth-order valence-electron chi connectivity index (χ4n) is 4.08. The summed E-state index contributed by atoms with van der Waals surface area (Å²) in [5.74, 6) is 1.82. The molecule has 0 radical (unpaired) electrons. The second-order valence-electron chi connectivity index (χ2n) is 7.56. The molecule has 26 heavy (non-hydrogen) atoms. The third-order valence-corrected chi connectivity index (χ3v) is 5.63. The molecule has 0 spiro atoms. The van der Waals surface area contributed by atoms with Gasteiger partial charge in [0, 0.05) is 13.6 Å². The molecule has 0 amide bonds. The first-order chi connectivity index (χ1) is 12.6. The number of hydrogen-bond donors (Lipinski definition) is 0. The summed E-state index contributed by atoms with van der Waals surface area (Å²) >= 11 is 0. The fraction of sp³-hybridized carbons (Fsp3) is 0.429. The number of pyridine rings is 1. The number of benzene rings is 1. The van der Waals surface area contributed by atoms with Gasteiger partial charge in [-0.2, -0.15) is 5.26 Å². The number of para-hydroxylation sites is 2. The summed E-state index contributed by atoms with van der Waals surface area (Å²) in [5.41, 5.74) is 4.41. The Morgan fingerprint density at radius 2 is 2.00 bits per heavy atom. The minimum atomic E-state index is 0.664. The Kier molecular flexibility index (Phi) is 4.29. The number of aryl methyl sites for hydroxylation is 1. The van der Waals surface area contributed by atoms with Crippen molar-refractivity contribution >= 4 is 22.5 Å². The van der Waals surface area contributed by atoms with Crippen LogP contribution in [0.15, 0.2) is 30.3 Å². The lowest BCUT2D eigenvalue weighted by Crippen LogP contribution is -2.36. The van der Waals surface area contributed by atoms with Gasteiger partial charge in [-0.1, -0.05) is 12.1 Å². The molecule has 1 saturated heterocycles. The summed E-state index contributed by atoms with van der Waals surface area (Å²) in [4.78, 5) is 9.50. The fourth-order valence-corrected chi connectivity index (χ4v) is 4.08. The molecule has 1 fully saturated rings. The SMILES string of the molecule is Cc1cc(N(C)CC2CCN(C)CC2)n2c(nc3ccccc32)c1C#N. The Labute approximate surface area is 154 Å². The lowest BCUT2D eigenvalue weighted by molar-refractivity contribution is 0.222. The molecule has 1 aliphatic heterocycles. The van der Waals surface area contributed by atoms with Crippen LogP contribution in [0.5, 0.6) is 0 Å². The number of aromatic nitrogens is 2. The van der Waals surface area contributed by atoms with Gasteiger partial charge in [-0.15, -0.1) is 0 Å². The maximum atomic E-state index is 9.64. The molecule has 0 atom stereocenters. The number of nitriles is 1. The van der Waals surface area contributed by atoms with Crippen molar-refractivity contribution in [2.75, 3.05) is 38.6 Å². The van der Waals surface area contributed by atoms with Crippen LogP contribution in [-0.4, -0.2) is 48.0 Å². The first-order valence-electron chi connectivity index (χ1n) is 9.29. The number of fused-ring (bicyclic) bond motifs is 3. The van der Waals surface area contributed by atoms with Crippen LogP contribution in [0.1, 0.15) is 24.0 Å². The number of nitrogens with zero attached hydrogens (tertiary/aromatic N) is 5. The number of rotatable bonds is 3. The average Bonchev–Trinajstić information content (AvgIpc) is 3.02. The van der Waals surface area contributed by atoms with E-state index in [1.807, 2.05) is 25.1 Å². The molecule has 5 heteroatoms. The largest absolute Gasteiger partial charge is 0.360 e. The highest BCUT2D eigenvalue weighted by Gasteiger charge is 2.21. The van der Waals surface area contributed by atoms with Crippen LogP contribution in [0.3, 0.4) is 0 Å². The minimum absolute atomic E-state index is 0.664. The van der Waals surface area contributed by atoms with E-state index in [2.05, 4.69) is 46.5 Å². The standard InChI is InChI=1S/C21H25N5/c1-15-12-20(25(3)14-16-8-10-24(2)11-9-16)26-19-7-5-4-6-18(19)23-21(26)17(15)13-22/h4-7,12,16H,8-11,14H2,1-3H3. The van der Waals surface area contributed by atoms with E-state index < -0.39 is 0 Å². The smallest absolute Gasteiger partial charge is 0.157 e. The van der Waals surface area contributed by atoms with Crippen LogP contribution in [0.25, 0.3) is 16.7 Å². The van der Waals surface area contributed by atoms with Crippen LogP contribution in [0, 0.1) is 24.2 Å². The predicted molar refractivity (Wildman–Crippen MR) is 106 cm³/mol. The van der Waals surface area contributed by atoms with Crippen LogP contribution in [0.2, 0.25) is 0 Å². The van der Waals surface area contributed by atoms with Crippen molar-refractivity contribution in [1.29, 1.82) is 5.26 Å². The van der Waals surface area contributed by atoms with E-state index in [-0.39, 0.29) is 0 Å². The van der Waals surface area contributed by atoms with Crippen molar-refractivity contribution in [2.45, 2.75) is 19.8 Å². The van der Waals surface area contributed by atoms with Gasteiger partial charge in [0.1, 0.15) is 11.9 Å². The molecule has 4 rings (SSSR count). The second-order valence-corrected chi connectivity index (χ2v) is 7.56. The summed E-state index contributed by atoms with van der Waals surface area (Å²) < 4.78 is 2.15. The van der Waals surface area contributed by atoms with Crippen LogP contribution < -0.4 is 4.90 Å². The topological polar surface area (TPSA) is 47.6 Å². The number of anilines is 1. The molecule has 1 aromatic carbocycles. The van der Waals surface area contributed by atoms with E-state index in [4.69, 9.17) is 4.98 Å². The van der Waals surface area contributed by atoms with Gasteiger partial charge in [0.25, 0.3) is 0 Å². The maximum absolute atomic E-state index is 9.64. The molecule has 134 valence electrons. The zero-order chi connectivity index (χ0) is 18.3. The van der Waals surface area contributed by atoms with Gasteiger partial charge < -0.3 is 9.80 Å². The Morgan fingerprint density at radius 1 is 1.27 bits per heavy atom. The normalized spacial score (nSPS) is 16.2. The molecule has 0 unspecified atom stereocenters. The van der Waals surface area contributed by atoms with Gasteiger partial charge in [0.2, 0.25) is 0 Å². The van der Waals surface area contributed by atoms with E-state index in [0.29, 0.717) is 11.5 Å². The summed E-state index contributed by atoms with van der Waals surface area (Å²) in [6, 6.07) is 12.6. The summed E-state index contributed by atoms with van der Waals surface area (Å²) in [6.07, 6.45) is 2.48. The van der Waals surface area contributed by atoms with Gasteiger partial charge in [-0.3, -0.25) is 4.40 Å². The zero-order valence-electron chi connectivity index (χ0n) is 15.7. The minimum Gasteiger partial charge on any atom is -0.360 e. The molecule has 0 bridgehead atoms. The van der Waals surface area contributed by atoms with Crippen molar-refractivity contribution in [3.8, 4) is 6.07 Å². The monoisotopic (exact) mass is 347 g/mol. The number of piperidine rings is 1. The van der Waals surface area contributed by atoms with Crippen molar-refractivity contribution in [1.82, 2.24) is 14.3 Å². The summed E-state index contributed by atoms with van der Waals surface area (Å²) in [5, 5.41) is 9.64. The van der Waals surface area contributed by atoms with Crippen molar-refractivity contribution in [2.24, 2.45) is 5.92 Å². The molecular formula is C21H25N5. The summed E-state index contributed by atoms with van der Waals surface area (Å²) in [6.45, 7) is 5.38. The van der Waals surface area contributed by atoms with Crippen molar-refractivity contribution < 1.29 is 0 Å². The molecule has 1 aliphatic rings. The average molecular weight is 347 g/mol. The second kappa shape index (κ2) is 6.62. The first kappa shape index (κ1) is 16.9. The number of hydrogen-bond acceptors (Lipinski definition) is 4. The number of likely N-dealkylation sites (tertiary alicyclic amines) is 1. The molecule has 0 aliphatic carbocycles. The van der Waals surface area contributed by atoms with Gasteiger partial charge >= 0.3 is 0 Å². The maximum Gasteiger partial charge on any atom is 0.157 e. The molecule has 0 saturated carbocycles. The van der Waals surface area contributed by atoms with E-state index in [9.17, 15) is 5.26 Å². The molecular weight excluding hydrogens is 322 g/mol. The summed E-state index contributed by atoms with van der Waals surface area (Å²) in [7, 11) is 4.36. The molecule has 5 nitrogen and oxygen atoms in total. The van der Waals surface area contributed by atoms with Gasteiger partial charge in [0.05, 0.1) is 16.6 Å².